The second kappa shape index (κ2) is 11.3. The van der Waals surface area contributed by atoms with Crippen LogP contribution >= 0.6 is 11.8 Å². The highest BCUT2D eigenvalue weighted by Crippen LogP contribution is 2.50. The fourth-order valence-corrected chi connectivity index (χ4v) is 7.47. The number of rotatable bonds is 5. The second-order valence-corrected chi connectivity index (χ2v) is 12.8. The van der Waals surface area contributed by atoms with Gasteiger partial charge in [-0.2, -0.15) is 0 Å². The Morgan fingerprint density at radius 1 is 0.833 bits per heavy atom. The molecule has 1 amide bonds. The smallest absolute Gasteiger partial charge is 0.264 e. The van der Waals surface area contributed by atoms with Crippen LogP contribution in [0.5, 0.6) is 0 Å². The zero-order chi connectivity index (χ0) is 28.6. The van der Waals surface area contributed by atoms with E-state index in [9.17, 15) is 4.79 Å². The van der Waals surface area contributed by atoms with Crippen LogP contribution in [0, 0.1) is 0 Å². The molecule has 0 aromatic heterocycles. The molecule has 0 radical (unpaired) electrons. The number of thioether (sulfide) groups is 1. The van der Waals surface area contributed by atoms with E-state index in [4.69, 9.17) is 4.99 Å². The summed E-state index contributed by atoms with van der Waals surface area (Å²) in [5, 5.41) is 3.66. The predicted molar refractivity (Wildman–Crippen MR) is 176 cm³/mol. The van der Waals surface area contributed by atoms with Crippen molar-refractivity contribution in [1.29, 1.82) is 0 Å². The van der Waals surface area contributed by atoms with Crippen LogP contribution in [-0.2, 0) is 4.79 Å². The van der Waals surface area contributed by atoms with E-state index in [-0.39, 0.29) is 5.91 Å². The SMILES string of the molecule is CC(C)c1ccc(/C=C2\SC(=Nc3cc4c5c(c3)[C@H](c3ccccc3)CCN5CC[C@H]4c3ccccc3)NC2=O)cc1. The molecule has 3 aliphatic heterocycles. The van der Waals surface area contributed by atoms with Crippen LogP contribution in [-0.4, -0.2) is 24.2 Å². The Kier molecular flexibility index (Phi) is 7.20. The number of carbonyl (C=O) groups is 1. The van der Waals surface area contributed by atoms with Crippen LogP contribution in [0.1, 0.15) is 77.8 Å². The van der Waals surface area contributed by atoms with Gasteiger partial charge in [-0.3, -0.25) is 4.79 Å². The van der Waals surface area contributed by atoms with Gasteiger partial charge in [0.15, 0.2) is 5.17 Å². The highest BCUT2D eigenvalue weighted by Gasteiger charge is 2.35. The molecule has 4 aromatic rings. The van der Waals surface area contributed by atoms with Crippen LogP contribution in [0.4, 0.5) is 11.4 Å². The number of hydrogen-bond donors (Lipinski definition) is 1. The van der Waals surface area contributed by atoms with Crippen molar-refractivity contribution >= 4 is 40.3 Å². The van der Waals surface area contributed by atoms with Crippen molar-refractivity contribution in [3.05, 3.63) is 135 Å². The molecule has 1 N–H and O–H groups in total. The topological polar surface area (TPSA) is 44.7 Å². The summed E-state index contributed by atoms with van der Waals surface area (Å²) in [4.78, 5) is 21.2. The third kappa shape index (κ3) is 5.18. The summed E-state index contributed by atoms with van der Waals surface area (Å²) in [5.41, 5.74) is 9.99. The summed E-state index contributed by atoms with van der Waals surface area (Å²) in [5.74, 6) is 1.02. The molecule has 7 rings (SSSR count). The van der Waals surface area contributed by atoms with Crippen LogP contribution in [0.15, 0.2) is 107 Å². The predicted octanol–water partition coefficient (Wildman–Crippen LogP) is 8.58. The van der Waals surface area contributed by atoms with Gasteiger partial charge in [-0.05, 0) is 82.1 Å². The van der Waals surface area contributed by atoms with Crippen molar-refractivity contribution in [1.82, 2.24) is 5.32 Å². The zero-order valence-electron chi connectivity index (χ0n) is 24.1. The molecule has 5 heteroatoms. The van der Waals surface area contributed by atoms with Gasteiger partial charge in [-0.1, -0.05) is 98.8 Å². The van der Waals surface area contributed by atoms with Crippen molar-refractivity contribution in [3.8, 4) is 0 Å². The zero-order valence-corrected chi connectivity index (χ0v) is 24.9. The summed E-state index contributed by atoms with van der Waals surface area (Å²) in [6.45, 7) is 6.50. The van der Waals surface area contributed by atoms with Crippen LogP contribution in [0.25, 0.3) is 6.08 Å². The Balaban J connectivity index is 1.28. The van der Waals surface area contributed by atoms with Gasteiger partial charge in [-0.25, -0.2) is 4.99 Å². The fourth-order valence-electron chi connectivity index (χ4n) is 6.63. The molecule has 0 aliphatic carbocycles. The summed E-state index contributed by atoms with van der Waals surface area (Å²) >= 11 is 1.42. The average Bonchev–Trinajstić information content (AvgIpc) is 3.36. The number of amides is 1. The minimum atomic E-state index is -0.0958. The van der Waals surface area contributed by atoms with Crippen molar-refractivity contribution in [3.63, 3.8) is 0 Å². The number of anilines is 1. The summed E-state index contributed by atoms with van der Waals surface area (Å²) in [6, 6.07) is 34.7. The first-order chi connectivity index (χ1) is 20.5. The molecular weight excluding hydrogens is 534 g/mol. The number of benzene rings is 4. The first kappa shape index (κ1) is 26.8. The molecule has 0 spiro atoms. The van der Waals surface area contributed by atoms with Crippen molar-refractivity contribution in [2.45, 2.75) is 44.4 Å². The monoisotopic (exact) mass is 569 g/mol. The lowest BCUT2D eigenvalue weighted by atomic mass is 9.76. The number of aliphatic imine (C=N–C) groups is 1. The summed E-state index contributed by atoms with van der Waals surface area (Å²) < 4.78 is 0. The maximum atomic E-state index is 12.9. The Labute approximate surface area is 252 Å². The molecule has 4 nitrogen and oxygen atoms in total. The van der Waals surface area contributed by atoms with E-state index in [1.807, 2.05) is 6.08 Å². The molecule has 1 saturated heterocycles. The average molecular weight is 570 g/mol. The lowest BCUT2D eigenvalue weighted by Gasteiger charge is -2.43. The largest absolute Gasteiger partial charge is 0.371 e. The van der Waals surface area contributed by atoms with E-state index < -0.39 is 0 Å². The summed E-state index contributed by atoms with van der Waals surface area (Å²) in [6.07, 6.45) is 4.12. The van der Waals surface area contributed by atoms with E-state index in [1.165, 1.54) is 45.3 Å². The molecule has 3 aliphatic rings. The molecule has 3 heterocycles. The molecule has 2 atom stereocenters. The molecule has 4 aromatic carbocycles. The molecule has 0 unspecified atom stereocenters. The highest BCUT2D eigenvalue weighted by molar-refractivity contribution is 8.18. The third-order valence-corrected chi connectivity index (χ3v) is 9.69. The highest BCUT2D eigenvalue weighted by atomic mass is 32.2. The first-order valence-electron chi connectivity index (χ1n) is 15.0. The van der Waals surface area contributed by atoms with Crippen LogP contribution < -0.4 is 10.2 Å². The standard InChI is InChI=1S/C37H35N3OS/c1-24(2)26-15-13-25(14-16-26)21-34-36(41)39-37(42-34)38-29-22-32-30(27-9-5-3-6-10-27)17-19-40-20-18-31(33(23-29)35(32)40)28-11-7-4-8-12-28/h3-16,21-24,30-31H,17-20H2,1-2H3,(H,38,39,41)/b34-21-/t30-,31-/m0/s1. The van der Waals surface area contributed by atoms with Gasteiger partial charge in [0.2, 0.25) is 0 Å². The van der Waals surface area contributed by atoms with E-state index >= 15 is 0 Å². The van der Waals surface area contributed by atoms with Crippen LogP contribution in [0.2, 0.25) is 0 Å². The van der Waals surface area contributed by atoms with Gasteiger partial charge in [0.1, 0.15) is 0 Å². The Morgan fingerprint density at radius 3 is 1.95 bits per heavy atom. The van der Waals surface area contributed by atoms with Gasteiger partial charge in [-0.15, -0.1) is 0 Å². The lowest BCUT2D eigenvalue weighted by molar-refractivity contribution is -0.115. The number of nitrogens with zero attached hydrogens (tertiary/aromatic N) is 2. The van der Waals surface area contributed by atoms with E-state index in [2.05, 4.69) is 121 Å². The first-order valence-corrected chi connectivity index (χ1v) is 15.8. The maximum absolute atomic E-state index is 12.9. The van der Waals surface area contributed by atoms with Gasteiger partial charge >= 0.3 is 0 Å². The number of carbonyl (C=O) groups excluding carboxylic acids is 1. The van der Waals surface area contributed by atoms with Gasteiger partial charge in [0.05, 0.1) is 10.6 Å². The molecule has 0 saturated carbocycles. The maximum Gasteiger partial charge on any atom is 0.264 e. The van der Waals surface area contributed by atoms with E-state index in [1.54, 1.807) is 0 Å². The number of nitrogens with one attached hydrogen (secondary N) is 1. The number of hydrogen-bond acceptors (Lipinski definition) is 4. The normalized spacial score (nSPS) is 21.6. The van der Waals surface area contributed by atoms with Gasteiger partial charge < -0.3 is 10.2 Å². The molecular formula is C37H35N3OS. The quantitative estimate of drug-likeness (QED) is 0.245. The summed E-state index contributed by atoms with van der Waals surface area (Å²) in [7, 11) is 0. The Morgan fingerprint density at radius 2 is 1.40 bits per heavy atom. The number of amidine groups is 1. The van der Waals surface area contributed by atoms with Gasteiger partial charge in [0, 0.05) is 30.6 Å². The second-order valence-electron chi connectivity index (χ2n) is 11.8. The lowest BCUT2D eigenvalue weighted by Crippen LogP contribution is -2.37. The Hall–Kier alpha value is -4.09. The fraction of sp³-hybridized carbons (Fsp3) is 0.243. The minimum Gasteiger partial charge on any atom is -0.371 e. The van der Waals surface area contributed by atoms with Crippen molar-refractivity contribution in [2.24, 2.45) is 4.99 Å². The third-order valence-electron chi connectivity index (χ3n) is 8.78. The minimum absolute atomic E-state index is 0.0958. The van der Waals surface area contributed by atoms with E-state index in [0.717, 1.165) is 37.2 Å². The molecule has 42 heavy (non-hydrogen) atoms. The van der Waals surface area contributed by atoms with Crippen molar-refractivity contribution in [2.75, 3.05) is 18.0 Å². The van der Waals surface area contributed by atoms with Gasteiger partial charge in [0.25, 0.3) is 5.91 Å². The van der Waals surface area contributed by atoms with Crippen LogP contribution in [0.3, 0.4) is 0 Å². The van der Waals surface area contributed by atoms with Crippen molar-refractivity contribution < 1.29 is 4.79 Å². The Bertz CT molecular complexity index is 1600. The van der Waals surface area contributed by atoms with E-state index in [0.29, 0.717) is 27.8 Å². The molecule has 0 bridgehead atoms. The molecule has 1 fully saturated rings. The molecule has 210 valence electrons.